The number of aromatic nitrogens is 2. The number of ether oxygens (including phenoxy) is 1. The summed E-state index contributed by atoms with van der Waals surface area (Å²) < 4.78 is 44.7. The van der Waals surface area contributed by atoms with Crippen LogP contribution >= 0.6 is 0 Å². The summed E-state index contributed by atoms with van der Waals surface area (Å²) in [4.78, 5) is 16.1. The molecule has 9 heteroatoms. The average Bonchev–Trinajstić information content (AvgIpc) is 3.03. The van der Waals surface area contributed by atoms with Gasteiger partial charge in [0.05, 0.1) is 13.5 Å². The highest BCUT2D eigenvalue weighted by Crippen LogP contribution is 2.27. The molecule has 0 N–H and O–H groups in total. The van der Waals surface area contributed by atoms with Crippen LogP contribution in [0.15, 0.2) is 24.3 Å². The zero-order valence-electron chi connectivity index (χ0n) is 16.8. The number of carbonyl (C=O) groups excluding carboxylic acids is 1. The lowest BCUT2D eigenvalue weighted by Gasteiger charge is -2.28. The second kappa shape index (κ2) is 8.44. The van der Waals surface area contributed by atoms with Crippen molar-refractivity contribution < 1.29 is 22.7 Å². The van der Waals surface area contributed by atoms with Crippen molar-refractivity contribution in [3.05, 3.63) is 46.8 Å². The van der Waals surface area contributed by atoms with E-state index in [0.29, 0.717) is 26.1 Å². The Balaban J connectivity index is 1.84. The fourth-order valence-electron chi connectivity index (χ4n) is 3.51. The van der Waals surface area contributed by atoms with Gasteiger partial charge in [-0.1, -0.05) is 12.1 Å². The predicted octanol–water partition coefficient (Wildman–Crippen LogP) is 3.10. The van der Waals surface area contributed by atoms with E-state index in [1.165, 1.54) is 9.58 Å². The van der Waals surface area contributed by atoms with Crippen LogP contribution in [0.3, 0.4) is 0 Å². The minimum Gasteiger partial charge on any atom is -0.497 e. The molecule has 6 nitrogen and oxygen atoms in total. The number of carbonyl (C=O) groups is 1. The lowest BCUT2D eigenvalue weighted by molar-refractivity contribution is -0.137. The Morgan fingerprint density at radius 3 is 2.72 bits per heavy atom. The van der Waals surface area contributed by atoms with Gasteiger partial charge in [-0.2, -0.15) is 18.3 Å². The predicted molar refractivity (Wildman–Crippen MR) is 102 cm³/mol. The third-order valence-electron chi connectivity index (χ3n) is 4.97. The monoisotopic (exact) mass is 410 g/mol. The number of methoxy groups -OCH3 is 1. The molecule has 0 fully saturated rings. The second-order valence-corrected chi connectivity index (χ2v) is 7.37. The molecular weight excluding hydrogens is 385 g/mol. The Hall–Kier alpha value is -2.55. The summed E-state index contributed by atoms with van der Waals surface area (Å²) >= 11 is 0. The van der Waals surface area contributed by atoms with E-state index < -0.39 is 12.6 Å². The Bertz CT molecular complexity index is 877. The fourth-order valence-corrected chi connectivity index (χ4v) is 3.51. The van der Waals surface area contributed by atoms with Gasteiger partial charge in [0, 0.05) is 58.0 Å². The van der Waals surface area contributed by atoms with Gasteiger partial charge in [-0.25, -0.2) is 0 Å². The van der Waals surface area contributed by atoms with Crippen molar-refractivity contribution in [3.63, 3.8) is 0 Å². The van der Waals surface area contributed by atoms with Gasteiger partial charge in [0.15, 0.2) is 5.69 Å². The van der Waals surface area contributed by atoms with Crippen molar-refractivity contribution in [2.24, 2.45) is 0 Å². The Labute approximate surface area is 167 Å². The highest BCUT2D eigenvalue weighted by molar-refractivity contribution is 5.93. The number of aryl methyl sites for hydroxylation is 1. The first-order chi connectivity index (χ1) is 13.7. The summed E-state index contributed by atoms with van der Waals surface area (Å²) in [5.41, 5.74) is 2.75. The molecular formula is C20H25F3N4O2. The van der Waals surface area contributed by atoms with Crippen molar-refractivity contribution in [1.29, 1.82) is 0 Å². The van der Waals surface area contributed by atoms with Crippen LogP contribution in [0, 0.1) is 0 Å². The van der Waals surface area contributed by atoms with Crippen LogP contribution in [-0.2, 0) is 26.1 Å². The maximum atomic E-state index is 12.7. The van der Waals surface area contributed by atoms with Gasteiger partial charge >= 0.3 is 6.18 Å². The van der Waals surface area contributed by atoms with Crippen LogP contribution in [-0.4, -0.2) is 59.4 Å². The van der Waals surface area contributed by atoms with E-state index in [9.17, 15) is 18.0 Å². The topological polar surface area (TPSA) is 50.6 Å². The van der Waals surface area contributed by atoms with Crippen molar-refractivity contribution in [3.8, 4) is 5.75 Å². The number of hydrogen-bond donors (Lipinski definition) is 0. The molecule has 1 aromatic carbocycles. The molecule has 1 amide bonds. The Kier molecular flexibility index (Phi) is 6.16. The summed E-state index contributed by atoms with van der Waals surface area (Å²) in [6.45, 7) is 1.52. The van der Waals surface area contributed by atoms with Gasteiger partial charge in [-0.15, -0.1) is 0 Å². The first kappa shape index (κ1) is 21.2. The molecule has 2 heterocycles. The number of rotatable bonds is 6. The summed E-state index contributed by atoms with van der Waals surface area (Å²) in [5.74, 6) is 0.471. The lowest BCUT2D eigenvalue weighted by Crippen LogP contribution is -2.32. The van der Waals surface area contributed by atoms with E-state index in [1.807, 2.05) is 24.3 Å². The molecule has 0 unspecified atom stereocenters. The number of benzene rings is 1. The summed E-state index contributed by atoms with van der Waals surface area (Å²) in [7, 11) is 4.83. The lowest BCUT2D eigenvalue weighted by atomic mass is 10.0. The van der Waals surface area contributed by atoms with Crippen LogP contribution < -0.4 is 4.74 Å². The smallest absolute Gasteiger partial charge is 0.390 e. The van der Waals surface area contributed by atoms with E-state index in [0.717, 1.165) is 22.6 Å². The van der Waals surface area contributed by atoms with E-state index in [-0.39, 0.29) is 18.1 Å². The van der Waals surface area contributed by atoms with Crippen LogP contribution in [0.1, 0.15) is 33.7 Å². The molecule has 29 heavy (non-hydrogen) atoms. The van der Waals surface area contributed by atoms with Crippen molar-refractivity contribution in [2.75, 3.05) is 27.7 Å². The molecule has 1 aliphatic rings. The molecule has 0 aliphatic carbocycles. The Morgan fingerprint density at radius 1 is 1.31 bits per heavy atom. The van der Waals surface area contributed by atoms with Gasteiger partial charge in [-0.05, 0) is 17.7 Å². The largest absolute Gasteiger partial charge is 0.497 e. The molecule has 0 saturated heterocycles. The zero-order valence-corrected chi connectivity index (χ0v) is 16.8. The van der Waals surface area contributed by atoms with Gasteiger partial charge in [-0.3, -0.25) is 14.4 Å². The quantitative estimate of drug-likeness (QED) is 0.735. The van der Waals surface area contributed by atoms with Crippen LogP contribution in [0.2, 0.25) is 0 Å². The molecule has 0 bridgehead atoms. The third kappa shape index (κ3) is 5.09. The number of nitrogens with zero attached hydrogens (tertiary/aromatic N) is 4. The maximum absolute atomic E-state index is 12.7. The molecule has 0 spiro atoms. The van der Waals surface area contributed by atoms with Crippen LogP contribution in [0.4, 0.5) is 13.2 Å². The van der Waals surface area contributed by atoms with Crippen molar-refractivity contribution in [2.45, 2.75) is 38.7 Å². The number of amides is 1. The van der Waals surface area contributed by atoms with Crippen LogP contribution in [0.25, 0.3) is 0 Å². The number of hydrogen-bond acceptors (Lipinski definition) is 4. The van der Waals surface area contributed by atoms with Crippen LogP contribution in [0.5, 0.6) is 5.75 Å². The van der Waals surface area contributed by atoms with E-state index in [1.54, 1.807) is 21.2 Å². The summed E-state index contributed by atoms with van der Waals surface area (Å²) in [6.07, 6.45) is -4.69. The first-order valence-corrected chi connectivity index (χ1v) is 9.40. The molecule has 0 radical (unpaired) electrons. The number of fused-ring (bicyclic) bond motifs is 1. The SMILES string of the molecule is COc1cccc(CN2CCc3c(c(C(=O)N(C)C)nn3CCC(F)(F)F)C2)c1. The standard InChI is InChI=1S/C20H25F3N4O2/c1-25(2)19(28)18-16-13-26(12-14-5-4-6-15(11-14)29-3)9-7-17(16)27(24-18)10-8-20(21,22)23/h4-6,11H,7-10,12-13H2,1-3H3. The van der Waals surface area contributed by atoms with Gasteiger partial charge in [0.2, 0.25) is 0 Å². The highest BCUT2D eigenvalue weighted by atomic mass is 19.4. The molecule has 3 rings (SSSR count). The Morgan fingerprint density at radius 2 is 2.07 bits per heavy atom. The van der Waals surface area contributed by atoms with E-state index in [2.05, 4.69) is 10.00 Å². The third-order valence-corrected chi connectivity index (χ3v) is 4.97. The fraction of sp³-hybridized carbons (Fsp3) is 0.500. The molecule has 1 aliphatic heterocycles. The maximum Gasteiger partial charge on any atom is 0.390 e. The first-order valence-electron chi connectivity index (χ1n) is 9.40. The average molecular weight is 410 g/mol. The van der Waals surface area contributed by atoms with Gasteiger partial charge < -0.3 is 9.64 Å². The molecule has 0 saturated carbocycles. The molecule has 2 aromatic rings. The molecule has 158 valence electrons. The zero-order chi connectivity index (χ0) is 21.2. The van der Waals surface area contributed by atoms with E-state index >= 15 is 0 Å². The molecule has 1 aromatic heterocycles. The number of halogens is 3. The van der Waals surface area contributed by atoms with Gasteiger partial charge in [0.25, 0.3) is 5.91 Å². The normalized spacial score (nSPS) is 14.6. The van der Waals surface area contributed by atoms with Crippen molar-refractivity contribution in [1.82, 2.24) is 19.6 Å². The highest BCUT2D eigenvalue weighted by Gasteiger charge is 2.32. The van der Waals surface area contributed by atoms with Gasteiger partial charge in [0.1, 0.15) is 5.75 Å². The molecule has 0 atom stereocenters. The summed E-state index contributed by atoms with van der Waals surface area (Å²) in [5, 5.41) is 4.26. The number of alkyl halides is 3. The minimum absolute atomic E-state index is 0.238. The summed E-state index contributed by atoms with van der Waals surface area (Å²) in [6, 6.07) is 7.74. The minimum atomic E-state index is -4.27. The van der Waals surface area contributed by atoms with E-state index in [4.69, 9.17) is 4.74 Å². The van der Waals surface area contributed by atoms with Crippen molar-refractivity contribution >= 4 is 5.91 Å². The second-order valence-electron chi connectivity index (χ2n) is 7.37.